The van der Waals surface area contributed by atoms with Crippen molar-refractivity contribution in [1.82, 2.24) is 9.97 Å². The molecule has 6 heteroatoms. The van der Waals surface area contributed by atoms with Crippen molar-refractivity contribution in [3.05, 3.63) is 115 Å². The Kier molecular flexibility index (Phi) is 6.40. The van der Waals surface area contributed by atoms with Gasteiger partial charge in [-0.25, -0.2) is 4.98 Å². The molecule has 7 rings (SSSR count). The molecule has 0 radical (unpaired) electrons. The first-order valence-electron chi connectivity index (χ1n) is 11.9. The molecule has 0 saturated carbocycles. The van der Waals surface area contributed by atoms with Crippen molar-refractivity contribution in [2.45, 2.75) is 0 Å². The molecule has 0 aliphatic heterocycles. The van der Waals surface area contributed by atoms with Gasteiger partial charge in [0.1, 0.15) is 5.75 Å². The molecular weight excluding hydrogens is 672 g/mol. The van der Waals surface area contributed by atoms with Gasteiger partial charge in [-0.05, 0) is 34.7 Å². The topological polar surface area (TPSA) is 55.2 Å². The van der Waals surface area contributed by atoms with Gasteiger partial charge in [-0.2, -0.15) is 0 Å². The average molecular weight is 691 g/mol. The maximum atomic E-state index is 10.7. The van der Waals surface area contributed by atoms with Gasteiger partial charge in [-0.15, -0.1) is 47.2 Å². The minimum Gasteiger partial charge on any atom is -0.507 e. The largest absolute Gasteiger partial charge is 0.507 e. The van der Waals surface area contributed by atoms with E-state index in [-0.39, 0.29) is 26.8 Å². The first kappa shape index (κ1) is 24.3. The molecular formula is C32H19N2O2PtS-. The Hall–Kier alpha value is -4.05. The fourth-order valence-corrected chi connectivity index (χ4v) is 5.99. The van der Waals surface area contributed by atoms with Gasteiger partial charge >= 0.3 is 0 Å². The van der Waals surface area contributed by atoms with Crippen LogP contribution in [0.2, 0.25) is 0 Å². The molecule has 0 unspecified atom stereocenters. The number of aromatic nitrogens is 2. The molecule has 0 atom stereocenters. The van der Waals surface area contributed by atoms with E-state index in [2.05, 4.69) is 47.4 Å². The molecule has 0 fully saturated rings. The molecule has 0 bridgehead atoms. The fraction of sp³-hybridized carbons (Fsp3) is 0. The van der Waals surface area contributed by atoms with Crippen LogP contribution in [0.1, 0.15) is 0 Å². The third-order valence-electron chi connectivity index (χ3n) is 6.40. The molecule has 38 heavy (non-hydrogen) atoms. The Labute approximate surface area is 237 Å². The first-order valence-corrected chi connectivity index (χ1v) is 12.7. The summed E-state index contributed by atoms with van der Waals surface area (Å²) in [5.41, 5.74) is 3.01. The number of pyridine rings is 2. The van der Waals surface area contributed by atoms with Crippen LogP contribution in [0.4, 0.5) is 0 Å². The summed E-state index contributed by atoms with van der Waals surface area (Å²) in [6, 6.07) is 38.5. The predicted molar refractivity (Wildman–Crippen MR) is 150 cm³/mol. The molecule has 186 valence electrons. The Morgan fingerprint density at radius 3 is 2.39 bits per heavy atom. The molecule has 4 aromatic carbocycles. The van der Waals surface area contributed by atoms with Crippen LogP contribution in [0.3, 0.4) is 0 Å². The zero-order valence-corrected chi connectivity index (χ0v) is 23.0. The summed E-state index contributed by atoms with van der Waals surface area (Å²) < 4.78 is 8.43. The number of nitrogens with zero attached hydrogens (tertiary/aromatic N) is 2. The van der Waals surface area contributed by atoms with E-state index < -0.39 is 0 Å². The molecule has 4 nitrogen and oxygen atoms in total. The van der Waals surface area contributed by atoms with E-state index in [9.17, 15) is 5.11 Å². The standard InChI is InChI=1S/C32H19N2O2S.Pt/c35-27-15-7-6-13-24(27)30-32-25(23-18-17-20-9-4-5-12-22(20)31(23)37-32)19-29(34-30)36-28-16-8-14-26(33-28)21-10-2-1-3-11-21;/h1-10,12-19,35H;/q-1;. The quantitative estimate of drug-likeness (QED) is 0.188. The number of thiophene rings is 1. The number of hydrogen-bond acceptors (Lipinski definition) is 5. The second-order valence-electron chi connectivity index (χ2n) is 8.71. The zero-order valence-electron chi connectivity index (χ0n) is 19.9. The molecule has 0 spiro atoms. The minimum absolute atomic E-state index is 0. The third kappa shape index (κ3) is 4.24. The number of ether oxygens (including phenoxy) is 1. The predicted octanol–water partition coefficient (Wildman–Crippen LogP) is 8.63. The number of benzene rings is 4. The number of rotatable bonds is 4. The van der Waals surface area contributed by atoms with Crippen molar-refractivity contribution in [3.63, 3.8) is 0 Å². The van der Waals surface area contributed by atoms with Crippen molar-refractivity contribution >= 4 is 42.3 Å². The summed E-state index contributed by atoms with van der Waals surface area (Å²) in [4.78, 5) is 9.57. The Morgan fingerprint density at radius 2 is 1.53 bits per heavy atom. The maximum Gasteiger partial charge on any atom is 0.222 e. The second kappa shape index (κ2) is 10.0. The molecule has 0 aliphatic rings. The Balaban J connectivity index is 0.00000264. The van der Waals surface area contributed by atoms with Crippen molar-refractivity contribution in [2.24, 2.45) is 0 Å². The van der Waals surface area contributed by atoms with Crippen LogP contribution in [0.15, 0.2) is 109 Å². The van der Waals surface area contributed by atoms with Gasteiger partial charge in [0.2, 0.25) is 11.8 Å². The molecule has 7 aromatic rings. The first-order chi connectivity index (χ1) is 18.2. The number of aromatic hydroxyl groups is 1. The fourth-order valence-electron chi connectivity index (χ4n) is 4.67. The maximum absolute atomic E-state index is 10.7. The molecule has 0 aliphatic carbocycles. The van der Waals surface area contributed by atoms with Crippen LogP contribution >= 0.6 is 11.3 Å². The molecule has 0 amide bonds. The van der Waals surface area contributed by atoms with Crippen molar-refractivity contribution in [3.8, 4) is 40.0 Å². The van der Waals surface area contributed by atoms with Gasteiger partial charge in [0, 0.05) is 48.2 Å². The van der Waals surface area contributed by atoms with Crippen LogP contribution in [0, 0.1) is 6.07 Å². The van der Waals surface area contributed by atoms with Crippen LogP contribution in [-0.2, 0) is 21.1 Å². The number of para-hydroxylation sites is 1. The second-order valence-corrected chi connectivity index (χ2v) is 9.73. The van der Waals surface area contributed by atoms with E-state index in [1.165, 1.54) is 15.5 Å². The monoisotopic (exact) mass is 690 g/mol. The van der Waals surface area contributed by atoms with E-state index in [1.807, 2.05) is 66.7 Å². The number of phenolic OH excluding ortho intramolecular Hbond substituents is 1. The summed E-state index contributed by atoms with van der Waals surface area (Å²) in [6.07, 6.45) is 0. The SMILES string of the molecule is Oc1ccccc1-c1nc(Oc2cccc(-c3[c-]cccc3)n2)cc2c1sc1c3ccccc3ccc21.[Pt]. The zero-order chi connectivity index (χ0) is 24.8. The van der Waals surface area contributed by atoms with Gasteiger partial charge in [-0.3, -0.25) is 4.98 Å². The van der Waals surface area contributed by atoms with Crippen LogP contribution in [0.25, 0.3) is 53.5 Å². The van der Waals surface area contributed by atoms with Gasteiger partial charge in [0.15, 0.2) is 0 Å². The summed E-state index contributed by atoms with van der Waals surface area (Å²) >= 11 is 1.69. The van der Waals surface area contributed by atoms with E-state index in [4.69, 9.17) is 9.72 Å². The summed E-state index contributed by atoms with van der Waals surface area (Å²) in [7, 11) is 0. The van der Waals surface area contributed by atoms with Crippen LogP contribution < -0.4 is 4.74 Å². The summed E-state index contributed by atoms with van der Waals surface area (Å²) in [5.74, 6) is 1.03. The Morgan fingerprint density at radius 1 is 0.684 bits per heavy atom. The van der Waals surface area contributed by atoms with Gasteiger partial charge in [-0.1, -0.05) is 60.7 Å². The van der Waals surface area contributed by atoms with Gasteiger partial charge < -0.3 is 9.84 Å². The van der Waals surface area contributed by atoms with E-state index in [1.54, 1.807) is 17.4 Å². The van der Waals surface area contributed by atoms with E-state index in [0.717, 1.165) is 26.7 Å². The molecule has 3 heterocycles. The molecule has 3 aromatic heterocycles. The van der Waals surface area contributed by atoms with Crippen molar-refractivity contribution < 1.29 is 30.9 Å². The Bertz CT molecular complexity index is 1940. The normalized spacial score (nSPS) is 11.1. The smallest absolute Gasteiger partial charge is 0.222 e. The van der Waals surface area contributed by atoms with E-state index in [0.29, 0.717) is 23.0 Å². The minimum atomic E-state index is 0. The molecule has 1 N–H and O–H groups in total. The molecule has 0 saturated heterocycles. The van der Waals surface area contributed by atoms with Crippen molar-refractivity contribution in [1.29, 1.82) is 0 Å². The number of fused-ring (bicyclic) bond motifs is 5. The van der Waals surface area contributed by atoms with Crippen LogP contribution in [-0.4, -0.2) is 15.1 Å². The van der Waals surface area contributed by atoms with Gasteiger partial charge in [0.05, 0.1) is 10.4 Å². The number of hydrogen-bond donors (Lipinski definition) is 1. The summed E-state index contributed by atoms with van der Waals surface area (Å²) in [6.45, 7) is 0. The van der Waals surface area contributed by atoms with Crippen molar-refractivity contribution in [2.75, 3.05) is 0 Å². The third-order valence-corrected chi connectivity index (χ3v) is 7.66. The number of phenols is 1. The average Bonchev–Trinajstić information content (AvgIpc) is 3.33. The van der Waals surface area contributed by atoms with Gasteiger partial charge in [0.25, 0.3) is 0 Å². The van der Waals surface area contributed by atoms with Crippen LogP contribution in [0.5, 0.6) is 17.5 Å². The van der Waals surface area contributed by atoms with E-state index >= 15 is 0 Å². The summed E-state index contributed by atoms with van der Waals surface area (Å²) in [5, 5.41) is 15.3.